The van der Waals surface area contributed by atoms with Crippen LogP contribution in [0.1, 0.15) is 11.6 Å². The van der Waals surface area contributed by atoms with Crippen molar-refractivity contribution in [3.05, 3.63) is 92.9 Å². The van der Waals surface area contributed by atoms with Crippen molar-refractivity contribution in [1.29, 1.82) is 0 Å². The van der Waals surface area contributed by atoms with Crippen molar-refractivity contribution < 1.29 is 24.1 Å². The van der Waals surface area contributed by atoms with Gasteiger partial charge in [0.1, 0.15) is 11.7 Å². The van der Waals surface area contributed by atoms with E-state index in [2.05, 4.69) is 15.9 Å². The second-order valence-electron chi connectivity index (χ2n) is 7.83. The molecule has 0 aromatic heterocycles. The number of benzene rings is 3. The van der Waals surface area contributed by atoms with Crippen molar-refractivity contribution in [2.75, 3.05) is 17.1 Å². The first-order valence-electron chi connectivity index (χ1n) is 10.4. The standard InChI is InChI=1S/C24H18BrN3O6/c1-33-19-12-7-14(25)13-18(19)21-20-22(34-27(21)16-5-3-2-4-6-16)24(30)26(23(20)29)15-8-10-17(11-9-15)28(31)32/h2-13,20-22H,1H3/t20-,21-,22-/m1/s1. The molecule has 3 aromatic carbocycles. The van der Waals surface area contributed by atoms with Crippen LogP contribution >= 0.6 is 15.9 Å². The Morgan fingerprint density at radius 2 is 1.68 bits per heavy atom. The molecule has 0 spiro atoms. The third-order valence-corrected chi connectivity index (χ3v) is 6.45. The minimum atomic E-state index is -1.06. The Morgan fingerprint density at radius 3 is 2.32 bits per heavy atom. The highest BCUT2D eigenvalue weighted by Gasteiger charge is 2.60. The number of imide groups is 1. The van der Waals surface area contributed by atoms with Gasteiger partial charge in [0, 0.05) is 22.2 Å². The van der Waals surface area contributed by atoms with E-state index in [1.807, 2.05) is 42.5 Å². The highest BCUT2D eigenvalue weighted by Crippen LogP contribution is 2.50. The van der Waals surface area contributed by atoms with Crippen LogP contribution in [0.4, 0.5) is 17.1 Å². The van der Waals surface area contributed by atoms with Crippen LogP contribution < -0.4 is 14.7 Å². The molecule has 0 radical (unpaired) electrons. The molecule has 172 valence electrons. The van der Waals surface area contributed by atoms with Crippen molar-refractivity contribution in [3.8, 4) is 5.75 Å². The van der Waals surface area contributed by atoms with Gasteiger partial charge in [-0.1, -0.05) is 34.1 Å². The molecule has 34 heavy (non-hydrogen) atoms. The van der Waals surface area contributed by atoms with Crippen LogP contribution in [0, 0.1) is 16.0 Å². The number of nitrogens with zero attached hydrogens (tertiary/aromatic N) is 3. The number of non-ortho nitro benzene ring substituents is 1. The smallest absolute Gasteiger partial charge is 0.269 e. The lowest BCUT2D eigenvalue weighted by atomic mass is 9.90. The minimum absolute atomic E-state index is 0.133. The normalized spacial score (nSPS) is 21.6. The molecule has 2 aliphatic heterocycles. The number of hydrogen-bond donors (Lipinski definition) is 0. The summed E-state index contributed by atoms with van der Waals surface area (Å²) < 4.78 is 6.36. The van der Waals surface area contributed by atoms with Crippen molar-refractivity contribution >= 4 is 44.8 Å². The van der Waals surface area contributed by atoms with Gasteiger partial charge in [0.25, 0.3) is 11.6 Å². The van der Waals surface area contributed by atoms with Gasteiger partial charge in [-0.15, -0.1) is 0 Å². The maximum atomic E-state index is 13.7. The highest BCUT2D eigenvalue weighted by atomic mass is 79.9. The third kappa shape index (κ3) is 3.51. The second kappa shape index (κ2) is 8.54. The number of ether oxygens (including phenoxy) is 1. The number of amides is 2. The molecule has 2 aliphatic rings. The van der Waals surface area contributed by atoms with E-state index in [4.69, 9.17) is 9.57 Å². The van der Waals surface area contributed by atoms with E-state index in [1.165, 1.54) is 31.4 Å². The number of nitro benzene ring substituents is 1. The third-order valence-electron chi connectivity index (χ3n) is 5.96. The average Bonchev–Trinajstić information content (AvgIpc) is 3.35. The molecule has 0 saturated carbocycles. The molecule has 0 unspecified atom stereocenters. The number of carbonyl (C=O) groups is 2. The van der Waals surface area contributed by atoms with Crippen molar-refractivity contribution in [2.45, 2.75) is 12.1 Å². The van der Waals surface area contributed by atoms with Gasteiger partial charge in [-0.05, 0) is 42.5 Å². The number of methoxy groups -OCH3 is 1. The van der Waals surface area contributed by atoms with Gasteiger partial charge in [-0.25, -0.2) is 9.96 Å². The predicted molar refractivity (Wildman–Crippen MR) is 126 cm³/mol. The van der Waals surface area contributed by atoms with E-state index >= 15 is 0 Å². The highest BCUT2D eigenvalue weighted by molar-refractivity contribution is 9.10. The molecule has 3 atom stereocenters. The molecule has 2 fully saturated rings. The van der Waals surface area contributed by atoms with E-state index in [0.717, 1.165) is 9.37 Å². The quantitative estimate of drug-likeness (QED) is 0.277. The van der Waals surface area contributed by atoms with E-state index in [9.17, 15) is 19.7 Å². The number of halogens is 1. The first-order chi connectivity index (χ1) is 16.4. The minimum Gasteiger partial charge on any atom is -0.496 e. The number of para-hydroxylation sites is 1. The molecule has 9 nitrogen and oxygen atoms in total. The molecule has 0 N–H and O–H groups in total. The Bertz CT molecular complexity index is 1280. The van der Waals surface area contributed by atoms with Crippen molar-refractivity contribution in [1.82, 2.24) is 0 Å². The number of anilines is 2. The van der Waals surface area contributed by atoms with E-state index < -0.39 is 34.8 Å². The van der Waals surface area contributed by atoms with Gasteiger partial charge in [0.2, 0.25) is 5.91 Å². The summed E-state index contributed by atoms with van der Waals surface area (Å²) in [5.74, 6) is -1.28. The Labute approximate surface area is 202 Å². The summed E-state index contributed by atoms with van der Waals surface area (Å²) in [7, 11) is 1.54. The largest absolute Gasteiger partial charge is 0.496 e. The van der Waals surface area contributed by atoms with Crippen LogP contribution in [0.5, 0.6) is 5.75 Å². The Balaban J connectivity index is 1.60. The Hall–Kier alpha value is -3.76. The summed E-state index contributed by atoms with van der Waals surface area (Å²) in [4.78, 5) is 44.7. The maximum absolute atomic E-state index is 13.7. The molecule has 5 rings (SSSR count). The van der Waals surface area contributed by atoms with Gasteiger partial charge in [-0.2, -0.15) is 0 Å². The summed E-state index contributed by atoms with van der Waals surface area (Å²) in [6, 6.07) is 19.3. The van der Waals surface area contributed by atoms with Gasteiger partial charge >= 0.3 is 0 Å². The molecule has 2 amide bonds. The lowest BCUT2D eigenvalue weighted by Gasteiger charge is -2.29. The first kappa shape index (κ1) is 22.1. The zero-order valence-electron chi connectivity index (χ0n) is 17.8. The van der Waals surface area contributed by atoms with Gasteiger partial charge in [-0.3, -0.25) is 24.5 Å². The predicted octanol–water partition coefficient (Wildman–Crippen LogP) is 4.42. The van der Waals surface area contributed by atoms with Gasteiger partial charge in [0.05, 0.1) is 29.4 Å². The van der Waals surface area contributed by atoms with Gasteiger partial charge in [0.15, 0.2) is 6.10 Å². The zero-order valence-corrected chi connectivity index (χ0v) is 19.4. The second-order valence-corrected chi connectivity index (χ2v) is 8.75. The molecule has 0 bridgehead atoms. The average molecular weight is 524 g/mol. The fraction of sp³-hybridized carbons (Fsp3) is 0.167. The lowest BCUT2D eigenvalue weighted by Crippen LogP contribution is -2.37. The number of rotatable bonds is 5. The van der Waals surface area contributed by atoms with Crippen LogP contribution in [0.15, 0.2) is 77.3 Å². The van der Waals surface area contributed by atoms with Crippen molar-refractivity contribution in [2.24, 2.45) is 5.92 Å². The van der Waals surface area contributed by atoms with Crippen LogP contribution in [-0.4, -0.2) is 30.0 Å². The van der Waals surface area contributed by atoms with Crippen LogP contribution in [-0.2, 0) is 14.4 Å². The molecular weight excluding hydrogens is 506 g/mol. The van der Waals surface area contributed by atoms with Crippen LogP contribution in [0.3, 0.4) is 0 Å². The summed E-state index contributed by atoms with van der Waals surface area (Å²) in [6.45, 7) is 0. The summed E-state index contributed by atoms with van der Waals surface area (Å²) in [5.41, 5.74) is 1.49. The number of nitro groups is 1. The Morgan fingerprint density at radius 1 is 0.971 bits per heavy atom. The molecule has 0 aliphatic carbocycles. The van der Waals surface area contributed by atoms with Crippen LogP contribution in [0.2, 0.25) is 0 Å². The first-order valence-corrected chi connectivity index (χ1v) is 11.2. The summed E-state index contributed by atoms with van der Waals surface area (Å²) >= 11 is 3.48. The molecule has 10 heteroatoms. The topological polar surface area (TPSA) is 102 Å². The molecule has 3 aromatic rings. The number of hydroxylamine groups is 1. The molecule has 2 saturated heterocycles. The van der Waals surface area contributed by atoms with Gasteiger partial charge < -0.3 is 4.74 Å². The lowest BCUT2D eigenvalue weighted by molar-refractivity contribution is -0.384. The Kier molecular flexibility index (Phi) is 5.54. The summed E-state index contributed by atoms with van der Waals surface area (Å²) in [6.07, 6.45) is -1.06. The maximum Gasteiger partial charge on any atom is 0.269 e. The van der Waals surface area contributed by atoms with E-state index in [-0.39, 0.29) is 11.4 Å². The van der Waals surface area contributed by atoms with E-state index in [1.54, 1.807) is 11.1 Å². The van der Waals surface area contributed by atoms with Crippen molar-refractivity contribution in [3.63, 3.8) is 0 Å². The fourth-order valence-corrected chi connectivity index (χ4v) is 4.82. The fourth-order valence-electron chi connectivity index (χ4n) is 4.44. The summed E-state index contributed by atoms with van der Waals surface area (Å²) in [5, 5.41) is 12.6. The molecule has 2 heterocycles. The zero-order chi connectivity index (χ0) is 24.0. The molecular formula is C24H18BrN3O6. The van der Waals surface area contributed by atoms with Crippen LogP contribution in [0.25, 0.3) is 0 Å². The number of carbonyl (C=O) groups excluding carboxylic acids is 2. The number of hydrogen-bond acceptors (Lipinski definition) is 7. The number of fused-ring (bicyclic) bond motifs is 1. The SMILES string of the molecule is COc1ccc(Br)cc1[C@@H]1[C@H]2C(=O)N(c3ccc([N+](=O)[O-])cc3)C(=O)[C@@H]2ON1c1ccccc1. The monoisotopic (exact) mass is 523 g/mol. The van der Waals surface area contributed by atoms with E-state index in [0.29, 0.717) is 17.0 Å².